The molecule has 26 heavy (non-hydrogen) atoms. The van der Waals surface area contributed by atoms with Gasteiger partial charge in [-0.1, -0.05) is 24.3 Å². The Labute approximate surface area is 152 Å². The number of guanidine groups is 1. The molecule has 7 heteroatoms. The number of fused-ring (bicyclic) bond motifs is 1. The lowest BCUT2D eigenvalue weighted by Gasteiger charge is -2.11. The quantitative estimate of drug-likeness (QED) is 0.638. The molecule has 0 aliphatic heterocycles. The first-order valence-corrected chi connectivity index (χ1v) is 8.51. The molecule has 0 spiro atoms. The van der Waals surface area contributed by atoms with Crippen LogP contribution in [0.2, 0.25) is 0 Å². The standard InChI is InChI=1S/C19H22N6O/c1-12(18-23-17(24-25-18)8-13(2)26)11-21-19(20-3)22-16-9-14-6-4-5-7-15(14)10-16/h4-7,11,16H,3,8-10H2,1-2H3,(H,21,22)(H,23,24,25)/b12-11+. The van der Waals surface area contributed by atoms with Crippen molar-refractivity contribution in [1.82, 2.24) is 20.5 Å². The number of aromatic amines is 1. The third-order valence-electron chi connectivity index (χ3n) is 4.24. The van der Waals surface area contributed by atoms with Crippen LogP contribution in [-0.4, -0.2) is 39.7 Å². The Kier molecular flexibility index (Phi) is 5.36. The minimum absolute atomic E-state index is 0.0345. The van der Waals surface area contributed by atoms with Gasteiger partial charge in [-0.05, 0) is 44.5 Å². The molecule has 0 amide bonds. The molecule has 0 saturated carbocycles. The van der Waals surface area contributed by atoms with E-state index in [1.54, 1.807) is 6.20 Å². The number of allylic oxidation sites excluding steroid dienone is 1. The third-order valence-corrected chi connectivity index (χ3v) is 4.24. The Hall–Kier alpha value is -3.09. The molecule has 1 aromatic heterocycles. The average Bonchev–Trinajstić information content (AvgIpc) is 3.23. The fraction of sp³-hybridized carbons (Fsp3) is 0.316. The molecule has 7 nitrogen and oxygen atoms in total. The molecule has 1 aliphatic carbocycles. The van der Waals surface area contributed by atoms with E-state index < -0.39 is 0 Å². The molecule has 1 heterocycles. The summed E-state index contributed by atoms with van der Waals surface area (Å²) in [7, 11) is 0. The van der Waals surface area contributed by atoms with Gasteiger partial charge in [0, 0.05) is 17.8 Å². The molecule has 0 bridgehead atoms. The van der Waals surface area contributed by atoms with Crippen LogP contribution >= 0.6 is 0 Å². The highest BCUT2D eigenvalue weighted by Crippen LogP contribution is 2.21. The van der Waals surface area contributed by atoms with E-state index in [1.165, 1.54) is 18.1 Å². The number of aromatic nitrogens is 3. The van der Waals surface area contributed by atoms with Crippen molar-refractivity contribution < 1.29 is 4.79 Å². The summed E-state index contributed by atoms with van der Waals surface area (Å²) in [5.41, 5.74) is 3.52. The van der Waals surface area contributed by atoms with Gasteiger partial charge in [0.2, 0.25) is 5.96 Å². The van der Waals surface area contributed by atoms with Crippen molar-refractivity contribution in [2.75, 3.05) is 0 Å². The van der Waals surface area contributed by atoms with E-state index in [4.69, 9.17) is 0 Å². The summed E-state index contributed by atoms with van der Waals surface area (Å²) in [5.74, 6) is 1.65. The highest BCUT2D eigenvalue weighted by atomic mass is 16.1. The predicted molar refractivity (Wildman–Crippen MR) is 102 cm³/mol. The van der Waals surface area contributed by atoms with Crippen LogP contribution in [0.4, 0.5) is 0 Å². The van der Waals surface area contributed by atoms with Gasteiger partial charge in [0.05, 0.1) is 6.42 Å². The van der Waals surface area contributed by atoms with Gasteiger partial charge in [-0.25, -0.2) is 9.98 Å². The van der Waals surface area contributed by atoms with Crippen molar-refractivity contribution in [2.45, 2.75) is 39.2 Å². The van der Waals surface area contributed by atoms with Gasteiger partial charge in [-0.3, -0.25) is 4.79 Å². The van der Waals surface area contributed by atoms with Gasteiger partial charge in [0.1, 0.15) is 11.6 Å². The maximum absolute atomic E-state index is 11.1. The second-order valence-corrected chi connectivity index (χ2v) is 6.44. The summed E-state index contributed by atoms with van der Waals surface area (Å²) in [6.45, 7) is 6.98. The molecule has 0 atom stereocenters. The highest BCUT2D eigenvalue weighted by molar-refractivity contribution is 5.85. The molecule has 0 fully saturated rings. The summed E-state index contributed by atoms with van der Waals surface area (Å²) in [6.07, 6.45) is 3.80. The number of nitrogens with one attached hydrogen (secondary N) is 2. The Morgan fingerprint density at radius 3 is 2.62 bits per heavy atom. The zero-order chi connectivity index (χ0) is 18.5. The summed E-state index contributed by atoms with van der Waals surface area (Å²) >= 11 is 0. The average molecular weight is 350 g/mol. The van der Waals surface area contributed by atoms with Crippen LogP contribution in [-0.2, 0) is 24.1 Å². The van der Waals surface area contributed by atoms with Crippen LogP contribution in [0.1, 0.15) is 36.6 Å². The molecule has 134 valence electrons. The molecule has 1 aliphatic rings. The normalized spacial score (nSPS) is 15.0. The van der Waals surface area contributed by atoms with Crippen LogP contribution in [0.5, 0.6) is 0 Å². The number of nitrogens with zero attached hydrogens (tertiary/aromatic N) is 4. The Balaban J connectivity index is 1.65. The number of ketones is 1. The predicted octanol–water partition coefficient (Wildman–Crippen LogP) is 2.11. The first kappa shape index (κ1) is 17.7. The van der Waals surface area contributed by atoms with E-state index in [0.29, 0.717) is 17.6 Å². The lowest BCUT2D eigenvalue weighted by Crippen LogP contribution is -2.34. The minimum atomic E-state index is 0.0345. The molecule has 3 rings (SSSR count). The van der Waals surface area contributed by atoms with E-state index in [0.717, 1.165) is 18.4 Å². The topological polar surface area (TPSA) is 95.4 Å². The number of rotatable bonds is 5. The van der Waals surface area contributed by atoms with Crippen molar-refractivity contribution in [3.8, 4) is 0 Å². The maximum Gasteiger partial charge on any atom is 0.222 e. The van der Waals surface area contributed by atoms with E-state index in [9.17, 15) is 4.79 Å². The number of Topliss-reactive ketones (excluding diaryl/α,β-unsaturated/α-hetero) is 1. The van der Waals surface area contributed by atoms with E-state index in [2.05, 4.69) is 61.5 Å². The van der Waals surface area contributed by atoms with Crippen LogP contribution in [0.15, 0.2) is 40.5 Å². The molecule has 1 aromatic carbocycles. The molecular formula is C19H22N6O. The van der Waals surface area contributed by atoms with Crippen molar-refractivity contribution in [3.05, 3.63) is 53.2 Å². The molecule has 0 unspecified atom stereocenters. The third kappa shape index (κ3) is 4.30. The fourth-order valence-electron chi connectivity index (χ4n) is 2.98. The zero-order valence-corrected chi connectivity index (χ0v) is 15.0. The summed E-state index contributed by atoms with van der Waals surface area (Å²) < 4.78 is 0. The van der Waals surface area contributed by atoms with Crippen molar-refractivity contribution in [2.24, 2.45) is 9.98 Å². The number of carbonyl (C=O) groups is 1. The second-order valence-electron chi connectivity index (χ2n) is 6.44. The first-order chi connectivity index (χ1) is 12.5. The van der Waals surface area contributed by atoms with Crippen LogP contribution < -0.4 is 5.32 Å². The SMILES string of the molecule is C=N/C(=N\C=C(/C)c1nnc(CC(C)=O)[nH]1)NC1Cc2ccccc2C1. The number of aliphatic imine (C=N–C) groups is 2. The highest BCUT2D eigenvalue weighted by Gasteiger charge is 2.21. The monoisotopic (exact) mass is 350 g/mol. The smallest absolute Gasteiger partial charge is 0.222 e. The van der Waals surface area contributed by atoms with E-state index in [-0.39, 0.29) is 18.2 Å². The van der Waals surface area contributed by atoms with Gasteiger partial charge in [-0.15, -0.1) is 10.2 Å². The first-order valence-electron chi connectivity index (χ1n) is 8.51. The summed E-state index contributed by atoms with van der Waals surface area (Å²) in [5, 5.41) is 11.3. The Morgan fingerprint density at radius 1 is 1.31 bits per heavy atom. The lowest BCUT2D eigenvalue weighted by atomic mass is 10.1. The van der Waals surface area contributed by atoms with Crippen molar-refractivity contribution >= 4 is 24.0 Å². The van der Waals surface area contributed by atoms with E-state index in [1.807, 2.05) is 6.92 Å². The van der Waals surface area contributed by atoms with Crippen LogP contribution in [0, 0.1) is 0 Å². The van der Waals surface area contributed by atoms with Crippen LogP contribution in [0.3, 0.4) is 0 Å². The molecule has 2 N–H and O–H groups in total. The van der Waals surface area contributed by atoms with Gasteiger partial charge >= 0.3 is 0 Å². The van der Waals surface area contributed by atoms with Crippen molar-refractivity contribution in [1.29, 1.82) is 0 Å². The number of H-pyrrole nitrogens is 1. The lowest BCUT2D eigenvalue weighted by molar-refractivity contribution is -0.116. The fourth-order valence-corrected chi connectivity index (χ4v) is 2.98. The Bertz CT molecular complexity index is 855. The Morgan fingerprint density at radius 2 is 2.00 bits per heavy atom. The zero-order valence-electron chi connectivity index (χ0n) is 15.0. The maximum atomic E-state index is 11.1. The van der Waals surface area contributed by atoms with Gasteiger partial charge in [0.15, 0.2) is 5.82 Å². The largest absolute Gasteiger partial charge is 0.351 e. The van der Waals surface area contributed by atoms with Crippen molar-refractivity contribution in [3.63, 3.8) is 0 Å². The van der Waals surface area contributed by atoms with Crippen LogP contribution in [0.25, 0.3) is 5.57 Å². The number of carbonyl (C=O) groups excluding carboxylic acids is 1. The summed E-state index contributed by atoms with van der Waals surface area (Å²) in [4.78, 5) is 22.5. The minimum Gasteiger partial charge on any atom is -0.351 e. The molecule has 0 radical (unpaired) electrons. The molecular weight excluding hydrogens is 328 g/mol. The van der Waals surface area contributed by atoms with E-state index >= 15 is 0 Å². The summed E-state index contributed by atoms with van der Waals surface area (Å²) in [6, 6.07) is 8.69. The van der Waals surface area contributed by atoms with Gasteiger partial charge < -0.3 is 10.3 Å². The second kappa shape index (κ2) is 7.86. The number of hydrogen-bond acceptors (Lipinski definition) is 4. The number of hydrogen-bond donors (Lipinski definition) is 2. The van der Waals surface area contributed by atoms with Gasteiger partial charge in [-0.2, -0.15) is 0 Å². The molecule has 2 aromatic rings. The van der Waals surface area contributed by atoms with Gasteiger partial charge in [0.25, 0.3) is 0 Å². The molecule has 0 saturated heterocycles. The number of benzene rings is 1.